The highest BCUT2D eigenvalue weighted by Crippen LogP contribution is 2.49. The van der Waals surface area contributed by atoms with E-state index in [0.717, 1.165) is 98.1 Å². The van der Waals surface area contributed by atoms with E-state index >= 15 is 0 Å². The van der Waals surface area contributed by atoms with E-state index in [1.807, 2.05) is 12.1 Å². The average Bonchev–Trinajstić information content (AvgIpc) is 3.25. The monoisotopic (exact) mass is 720 g/mol. The molecule has 0 amide bonds. The van der Waals surface area contributed by atoms with Crippen molar-refractivity contribution in [2.75, 3.05) is 0 Å². The molecular weight excluding hydrogens is 692 g/mol. The summed E-state index contributed by atoms with van der Waals surface area (Å²) in [4.78, 5) is 0. The lowest BCUT2D eigenvalue weighted by molar-refractivity contribution is 0.665. The molecule has 0 bridgehead atoms. The highest BCUT2D eigenvalue weighted by molar-refractivity contribution is 6.43. The van der Waals surface area contributed by atoms with Crippen LogP contribution in [0.4, 0.5) is 0 Å². The molecule has 0 saturated heterocycles. The van der Waals surface area contributed by atoms with Gasteiger partial charge in [0, 0.05) is 53.5 Å². The first-order valence-corrected chi connectivity index (χ1v) is 19.0. The summed E-state index contributed by atoms with van der Waals surface area (Å²) >= 11 is 7.03. The summed E-state index contributed by atoms with van der Waals surface area (Å²) in [6.45, 7) is 0. The fraction of sp³-hybridized carbons (Fsp3) is 0. The van der Waals surface area contributed by atoms with Gasteiger partial charge in [-0.1, -0.05) is 145 Å². The zero-order chi connectivity index (χ0) is 36.2. The van der Waals surface area contributed by atoms with E-state index < -0.39 is 0 Å². The van der Waals surface area contributed by atoms with Crippen LogP contribution in [0.2, 0.25) is 5.02 Å². The summed E-state index contributed by atoms with van der Waals surface area (Å²) in [7, 11) is 0. The van der Waals surface area contributed by atoms with Crippen LogP contribution in [0.25, 0.3) is 120 Å². The van der Waals surface area contributed by atoms with Crippen LogP contribution in [0.1, 0.15) is 0 Å². The quantitative estimate of drug-likeness (QED) is 0.134. The van der Waals surface area contributed by atoms with Crippen LogP contribution in [0, 0.1) is 0 Å². The number of hydrogen-bond acceptors (Lipinski definition) is 2. The number of hydrogen-bond donors (Lipinski definition) is 0. The largest absolute Gasteiger partial charge is 0.455 e. The van der Waals surface area contributed by atoms with Crippen LogP contribution in [0.3, 0.4) is 0 Å². The van der Waals surface area contributed by atoms with Crippen molar-refractivity contribution in [2.24, 2.45) is 0 Å². The maximum atomic E-state index is 7.06. The molecule has 55 heavy (non-hydrogen) atoms. The second-order valence-electron chi connectivity index (χ2n) is 14.5. The molecule has 0 aliphatic heterocycles. The predicted molar refractivity (Wildman–Crippen MR) is 232 cm³/mol. The first-order valence-electron chi connectivity index (χ1n) is 18.6. The van der Waals surface area contributed by atoms with Crippen LogP contribution in [0.15, 0.2) is 185 Å². The summed E-state index contributed by atoms with van der Waals surface area (Å²) in [6.07, 6.45) is 0. The SMILES string of the molecule is Clc1cc2c(oc3cccc4c3c2c2cccc3oc5c6ccccc6c(-c6cc(-c7ccccc7)cc(-c7ccccc7)c6)cc5c4c32)c2ccccc12. The van der Waals surface area contributed by atoms with Gasteiger partial charge in [0.2, 0.25) is 0 Å². The van der Waals surface area contributed by atoms with Crippen molar-refractivity contribution in [2.45, 2.75) is 0 Å². The second kappa shape index (κ2) is 11.6. The molecule has 0 saturated carbocycles. The molecular formula is C52H29ClO2. The van der Waals surface area contributed by atoms with E-state index in [1.165, 1.54) is 22.3 Å². The Morgan fingerprint density at radius 1 is 0.291 bits per heavy atom. The summed E-state index contributed by atoms with van der Waals surface area (Å²) in [5.41, 5.74) is 10.4. The smallest absolute Gasteiger partial charge is 0.143 e. The minimum absolute atomic E-state index is 0.705. The molecule has 10 aromatic carbocycles. The van der Waals surface area contributed by atoms with Gasteiger partial charge in [0.05, 0.1) is 0 Å². The summed E-state index contributed by atoms with van der Waals surface area (Å²) in [6, 6.07) is 62.4. The molecule has 12 aromatic rings. The average molecular weight is 721 g/mol. The molecule has 0 aliphatic rings. The van der Waals surface area contributed by atoms with Gasteiger partial charge in [-0.15, -0.1) is 0 Å². The second-order valence-corrected chi connectivity index (χ2v) is 14.9. The van der Waals surface area contributed by atoms with Gasteiger partial charge < -0.3 is 8.83 Å². The van der Waals surface area contributed by atoms with Gasteiger partial charge in [-0.25, -0.2) is 0 Å². The lowest BCUT2D eigenvalue weighted by atomic mass is 9.87. The molecule has 0 fully saturated rings. The van der Waals surface area contributed by atoms with Crippen molar-refractivity contribution in [1.82, 2.24) is 0 Å². The van der Waals surface area contributed by atoms with Crippen LogP contribution in [-0.2, 0) is 0 Å². The van der Waals surface area contributed by atoms with Crippen LogP contribution in [0.5, 0.6) is 0 Å². The minimum Gasteiger partial charge on any atom is -0.455 e. The third-order valence-corrected chi connectivity index (χ3v) is 11.8. The number of halogens is 1. The van der Waals surface area contributed by atoms with Crippen LogP contribution in [-0.4, -0.2) is 0 Å². The highest BCUT2D eigenvalue weighted by Gasteiger charge is 2.23. The Morgan fingerprint density at radius 3 is 1.29 bits per heavy atom. The molecule has 2 aromatic heterocycles. The molecule has 0 aliphatic carbocycles. The molecule has 0 radical (unpaired) electrons. The summed E-state index contributed by atoms with van der Waals surface area (Å²) in [5.74, 6) is 0. The van der Waals surface area contributed by atoms with Gasteiger partial charge in [0.1, 0.15) is 22.3 Å². The highest BCUT2D eigenvalue weighted by atomic mass is 35.5. The number of fused-ring (bicyclic) bond motifs is 10. The Hall–Kier alpha value is -6.87. The first-order chi connectivity index (χ1) is 27.2. The lowest BCUT2D eigenvalue weighted by Crippen LogP contribution is -1.93. The van der Waals surface area contributed by atoms with E-state index in [4.69, 9.17) is 20.4 Å². The molecule has 12 rings (SSSR count). The van der Waals surface area contributed by atoms with Gasteiger partial charge in [-0.2, -0.15) is 0 Å². The van der Waals surface area contributed by atoms with Crippen molar-refractivity contribution >= 4 is 98.6 Å². The zero-order valence-electron chi connectivity index (χ0n) is 29.4. The molecule has 0 unspecified atom stereocenters. The molecule has 0 spiro atoms. The molecule has 0 atom stereocenters. The van der Waals surface area contributed by atoms with Gasteiger partial charge >= 0.3 is 0 Å². The lowest BCUT2D eigenvalue weighted by Gasteiger charge is -2.19. The van der Waals surface area contributed by atoms with Crippen molar-refractivity contribution in [3.63, 3.8) is 0 Å². The van der Waals surface area contributed by atoms with Gasteiger partial charge in [-0.05, 0) is 92.0 Å². The standard InChI is InChI=1S/C52H29ClO2/c53-44-29-43-48-40-22-12-23-45-49(40)47(39-21-11-24-46(50(39)48)55-52(43)38-20-10-8-18-36(38)44)42-28-41(35-17-7-9-19-37(35)51(42)54-45)34-26-32(30-13-3-1-4-14-30)25-33(27-34)31-15-5-2-6-16-31/h1-29H. The van der Waals surface area contributed by atoms with E-state index in [1.54, 1.807) is 0 Å². The maximum absolute atomic E-state index is 7.06. The Bertz CT molecular complexity index is 3480. The zero-order valence-corrected chi connectivity index (χ0v) is 30.2. The number of benzene rings is 10. The summed E-state index contributed by atoms with van der Waals surface area (Å²) in [5, 5.41) is 13.6. The third kappa shape index (κ3) is 4.43. The van der Waals surface area contributed by atoms with E-state index in [2.05, 4.69) is 164 Å². The van der Waals surface area contributed by atoms with Crippen molar-refractivity contribution < 1.29 is 8.83 Å². The van der Waals surface area contributed by atoms with Gasteiger partial charge in [-0.3, -0.25) is 0 Å². The summed E-state index contributed by atoms with van der Waals surface area (Å²) < 4.78 is 13.9. The third-order valence-electron chi connectivity index (χ3n) is 11.5. The fourth-order valence-electron chi connectivity index (χ4n) is 9.07. The number of rotatable bonds is 3. The Morgan fingerprint density at radius 2 is 0.727 bits per heavy atom. The Labute approximate surface area is 320 Å². The molecule has 2 nitrogen and oxygen atoms in total. The normalized spacial score (nSPS) is 12.1. The molecule has 3 heteroatoms. The van der Waals surface area contributed by atoms with E-state index in [9.17, 15) is 0 Å². The minimum atomic E-state index is 0.705. The Kier molecular flexibility index (Phi) is 6.43. The van der Waals surface area contributed by atoms with E-state index in [0.29, 0.717) is 5.02 Å². The van der Waals surface area contributed by atoms with Crippen LogP contribution >= 0.6 is 11.6 Å². The fourth-order valence-corrected chi connectivity index (χ4v) is 9.35. The van der Waals surface area contributed by atoms with Gasteiger partial charge in [0.25, 0.3) is 0 Å². The molecule has 256 valence electrons. The topological polar surface area (TPSA) is 26.3 Å². The molecule has 0 N–H and O–H groups in total. The van der Waals surface area contributed by atoms with Crippen molar-refractivity contribution in [1.29, 1.82) is 0 Å². The van der Waals surface area contributed by atoms with Crippen molar-refractivity contribution in [3.8, 4) is 33.4 Å². The van der Waals surface area contributed by atoms with Crippen LogP contribution < -0.4 is 0 Å². The first kappa shape index (κ1) is 30.6. The predicted octanol–water partition coefficient (Wildman–Crippen LogP) is 15.8. The Balaban J connectivity index is 1.26. The maximum Gasteiger partial charge on any atom is 0.143 e. The molecule has 2 heterocycles. The van der Waals surface area contributed by atoms with E-state index in [-0.39, 0.29) is 0 Å². The van der Waals surface area contributed by atoms with Gasteiger partial charge in [0.15, 0.2) is 0 Å². The van der Waals surface area contributed by atoms with Crippen molar-refractivity contribution in [3.05, 3.63) is 181 Å².